The first kappa shape index (κ1) is 28.2. The zero-order chi connectivity index (χ0) is 26.0. The maximum absolute atomic E-state index is 13.3. The van der Waals surface area contributed by atoms with Crippen LogP contribution in [-0.4, -0.2) is 70.1 Å². The van der Waals surface area contributed by atoms with Crippen molar-refractivity contribution in [2.24, 2.45) is 0 Å². The van der Waals surface area contributed by atoms with E-state index in [0.29, 0.717) is 11.2 Å². The number of nitrogens with two attached hydrogens (primary N) is 1. The summed E-state index contributed by atoms with van der Waals surface area (Å²) in [7, 11) is -4.11. The molecule has 2 N–H and O–H groups in total. The van der Waals surface area contributed by atoms with Gasteiger partial charge in [-0.3, -0.25) is 13.6 Å². The molecule has 2 aromatic rings. The number of anilines is 1. The molecule has 2 aromatic heterocycles. The van der Waals surface area contributed by atoms with E-state index in [1.165, 1.54) is 19.6 Å². The summed E-state index contributed by atoms with van der Waals surface area (Å²) in [5.41, 5.74) is 6.71. The molecule has 196 valence electrons. The van der Waals surface area contributed by atoms with Crippen LogP contribution in [0.3, 0.4) is 0 Å². The highest BCUT2D eigenvalue weighted by atomic mass is 31.2. The Labute approximate surface area is 201 Å². The van der Waals surface area contributed by atoms with Crippen molar-refractivity contribution in [2.75, 3.05) is 25.9 Å². The normalized spacial score (nSPS) is 12.7. The first-order chi connectivity index (χ1) is 16.5. The lowest BCUT2D eigenvalue weighted by Gasteiger charge is -2.24. The van der Waals surface area contributed by atoms with Gasteiger partial charge in [0.25, 0.3) is 0 Å². The van der Waals surface area contributed by atoms with Crippen molar-refractivity contribution in [3.05, 3.63) is 12.7 Å². The average Bonchev–Trinajstić information content (AvgIpc) is 3.17. The predicted octanol–water partition coefficient (Wildman–Crippen LogP) is 3.04. The van der Waals surface area contributed by atoms with Gasteiger partial charge < -0.3 is 34.0 Å². The average molecular weight is 519 g/mol. The van der Waals surface area contributed by atoms with Crippen LogP contribution in [0.5, 0.6) is 0 Å². The van der Waals surface area contributed by atoms with Crippen molar-refractivity contribution in [3.63, 3.8) is 0 Å². The predicted molar refractivity (Wildman–Crippen MR) is 120 cm³/mol. The Kier molecular flexibility index (Phi) is 10.6. The van der Waals surface area contributed by atoms with Gasteiger partial charge in [0, 0.05) is 6.54 Å². The van der Waals surface area contributed by atoms with E-state index >= 15 is 0 Å². The Hall–Kier alpha value is -3.00. The second-order valence-electron chi connectivity index (χ2n) is 7.49. The quantitative estimate of drug-likeness (QED) is 0.231. The molecule has 16 heteroatoms. The fourth-order valence-corrected chi connectivity index (χ4v) is 3.65. The second-order valence-corrected chi connectivity index (χ2v) is 9.82. The SMILES string of the molecule is CC(C)OC(=O)OCOP(=O)(OCOC(=O)OC(C)C)[C@H](C)OCCn1cnc2c(N)ncnc21. The van der Waals surface area contributed by atoms with Gasteiger partial charge in [0.05, 0.1) is 25.1 Å². The van der Waals surface area contributed by atoms with Crippen molar-refractivity contribution in [3.8, 4) is 0 Å². The highest BCUT2D eigenvalue weighted by molar-refractivity contribution is 7.54. The second kappa shape index (κ2) is 13.2. The number of hydrogen-bond donors (Lipinski definition) is 1. The van der Waals surface area contributed by atoms with Crippen LogP contribution in [0.4, 0.5) is 15.4 Å². The van der Waals surface area contributed by atoms with Crippen LogP contribution in [0.2, 0.25) is 0 Å². The molecule has 0 radical (unpaired) electrons. The molecule has 0 saturated heterocycles. The molecular formula is C19H30N5O10P. The van der Waals surface area contributed by atoms with Gasteiger partial charge in [-0.2, -0.15) is 0 Å². The monoisotopic (exact) mass is 519 g/mol. The molecule has 2 heterocycles. The summed E-state index contributed by atoms with van der Waals surface area (Å²) in [5, 5.41) is 0. The molecule has 0 unspecified atom stereocenters. The smallest absolute Gasteiger partial charge is 0.432 e. The third kappa shape index (κ3) is 8.94. The van der Waals surface area contributed by atoms with E-state index in [1.54, 1.807) is 32.3 Å². The largest absolute Gasteiger partial charge is 0.510 e. The fourth-order valence-electron chi connectivity index (χ4n) is 2.47. The Morgan fingerprint density at radius 3 is 2.09 bits per heavy atom. The van der Waals surface area contributed by atoms with E-state index < -0.39 is 51.5 Å². The Morgan fingerprint density at radius 1 is 0.971 bits per heavy atom. The number of ether oxygens (including phenoxy) is 5. The lowest BCUT2D eigenvalue weighted by atomic mass is 10.5. The molecule has 0 aliphatic rings. The highest BCUT2D eigenvalue weighted by Crippen LogP contribution is 2.53. The number of rotatable bonds is 13. The van der Waals surface area contributed by atoms with Crippen LogP contribution in [0.1, 0.15) is 34.6 Å². The van der Waals surface area contributed by atoms with Crippen LogP contribution >= 0.6 is 7.60 Å². The Bertz CT molecular complexity index is 999. The standard InChI is InChI=1S/C19H30N5O10P/c1-12(2)33-18(25)29-10-31-35(27,32-11-30-19(26)34-13(3)4)14(5)28-7-6-24-9-23-15-16(20)21-8-22-17(15)24/h8-9,12-14H,6-7,10-11H2,1-5H3,(H2,20,21,22)/t14-/m1/s1. The molecule has 0 aliphatic heterocycles. The van der Waals surface area contributed by atoms with E-state index in [4.69, 9.17) is 38.5 Å². The Morgan fingerprint density at radius 2 is 1.54 bits per heavy atom. The number of carbonyl (C=O) groups excluding carboxylic acids is 2. The van der Waals surface area contributed by atoms with Gasteiger partial charge in [-0.05, 0) is 34.6 Å². The van der Waals surface area contributed by atoms with Crippen molar-refractivity contribution in [1.82, 2.24) is 19.5 Å². The molecule has 15 nitrogen and oxygen atoms in total. The topological polar surface area (TPSA) is 185 Å². The van der Waals surface area contributed by atoms with Gasteiger partial charge in [0.2, 0.25) is 13.6 Å². The van der Waals surface area contributed by atoms with Crippen LogP contribution < -0.4 is 5.73 Å². The summed E-state index contributed by atoms with van der Waals surface area (Å²) in [6.45, 7) is 6.74. The molecule has 0 saturated carbocycles. The maximum atomic E-state index is 13.3. The number of nitrogen functional groups attached to an aromatic ring is 1. The first-order valence-electron chi connectivity index (χ1n) is 10.6. The molecule has 0 bridgehead atoms. The Balaban J connectivity index is 1.96. The van der Waals surface area contributed by atoms with E-state index in [1.807, 2.05) is 0 Å². The first-order valence-corrected chi connectivity index (χ1v) is 12.2. The van der Waals surface area contributed by atoms with E-state index in [2.05, 4.69) is 15.0 Å². The van der Waals surface area contributed by atoms with Gasteiger partial charge in [-0.15, -0.1) is 0 Å². The molecule has 0 spiro atoms. The molecule has 0 aromatic carbocycles. The third-order valence-corrected chi connectivity index (χ3v) is 6.02. The molecule has 0 aliphatic carbocycles. The summed E-state index contributed by atoms with van der Waals surface area (Å²) < 4.78 is 50.0. The number of imidazole rings is 1. The zero-order valence-corrected chi connectivity index (χ0v) is 21.0. The molecular weight excluding hydrogens is 489 g/mol. The van der Waals surface area contributed by atoms with Crippen molar-refractivity contribution in [1.29, 1.82) is 0 Å². The van der Waals surface area contributed by atoms with Crippen LogP contribution in [0.25, 0.3) is 11.2 Å². The molecule has 0 fully saturated rings. The minimum absolute atomic E-state index is 0.0414. The molecule has 1 atom stereocenters. The third-order valence-electron chi connectivity index (χ3n) is 4.05. The summed E-state index contributed by atoms with van der Waals surface area (Å²) in [4.78, 5) is 35.3. The lowest BCUT2D eigenvalue weighted by molar-refractivity contribution is -0.0395. The van der Waals surface area contributed by atoms with Crippen LogP contribution in [0.15, 0.2) is 12.7 Å². The summed E-state index contributed by atoms with van der Waals surface area (Å²) in [6, 6.07) is 0. The molecule has 0 amide bonds. The van der Waals surface area contributed by atoms with E-state index in [9.17, 15) is 14.2 Å². The fraction of sp³-hybridized carbons (Fsp3) is 0.632. The van der Waals surface area contributed by atoms with E-state index in [-0.39, 0.29) is 19.0 Å². The minimum Gasteiger partial charge on any atom is -0.432 e. The van der Waals surface area contributed by atoms with Crippen molar-refractivity contribution in [2.45, 2.75) is 59.2 Å². The zero-order valence-electron chi connectivity index (χ0n) is 20.1. The van der Waals surface area contributed by atoms with Crippen LogP contribution in [0, 0.1) is 0 Å². The molecule has 2 rings (SSSR count). The lowest BCUT2D eigenvalue weighted by Crippen LogP contribution is -2.21. The van der Waals surface area contributed by atoms with Gasteiger partial charge in [0.15, 0.2) is 17.3 Å². The van der Waals surface area contributed by atoms with Crippen molar-refractivity contribution < 1.29 is 46.9 Å². The van der Waals surface area contributed by atoms with Crippen LogP contribution in [-0.2, 0) is 43.8 Å². The summed E-state index contributed by atoms with van der Waals surface area (Å²) in [5.74, 6) is -0.909. The minimum atomic E-state index is -4.11. The summed E-state index contributed by atoms with van der Waals surface area (Å²) >= 11 is 0. The van der Waals surface area contributed by atoms with Crippen molar-refractivity contribution >= 4 is 36.9 Å². The summed E-state index contributed by atoms with van der Waals surface area (Å²) in [6.07, 6.45) is -0.0703. The number of fused-ring (bicyclic) bond motifs is 1. The highest BCUT2D eigenvalue weighted by Gasteiger charge is 2.35. The van der Waals surface area contributed by atoms with Gasteiger partial charge >= 0.3 is 19.9 Å². The van der Waals surface area contributed by atoms with Gasteiger partial charge in [0.1, 0.15) is 11.8 Å². The van der Waals surface area contributed by atoms with Gasteiger partial charge in [-0.25, -0.2) is 24.5 Å². The maximum Gasteiger partial charge on any atom is 0.510 e. The number of nitrogens with zero attached hydrogens (tertiary/aromatic N) is 4. The number of carbonyl (C=O) groups is 2. The van der Waals surface area contributed by atoms with E-state index in [0.717, 1.165) is 0 Å². The van der Waals surface area contributed by atoms with Gasteiger partial charge in [-0.1, -0.05) is 0 Å². The molecule has 35 heavy (non-hydrogen) atoms. The number of hydrogen-bond acceptors (Lipinski definition) is 14. The number of aromatic nitrogens is 4.